The van der Waals surface area contributed by atoms with Gasteiger partial charge in [-0.3, -0.25) is 9.59 Å². The minimum absolute atomic E-state index is 0.0622. The molecule has 7 heteroatoms. The van der Waals surface area contributed by atoms with E-state index in [1.54, 1.807) is 35.2 Å². The van der Waals surface area contributed by atoms with Gasteiger partial charge in [-0.15, -0.1) is 0 Å². The lowest BCUT2D eigenvalue weighted by atomic mass is 9.94. The third-order valence-electron chi connectivity index (χ3n) is 6.94. The van der Waals surface area contributed by atoms with Crippen molar-refractivity contribution < 1.29 is 23.5 Å². The fourth-order valence-corrected chi connectivity index (χ4v) is 5.05. The highest BCUT2D eigenvalue weighted by atomic mass is 19.1. The van der Waals surface area contributed by atoms with Crippen molar-refractivity contribution in [2.45, 2.75) is 50.7 Å². The molecule has 1 N–H and O–H groups in total. The van der Waals surface area contributed by atoms with Gasteiger partial charge in [0.15, 0.2) is 11.5 Å². The normalized spacial score (nSPS) is 16.0. The number of benzene rings is 3. The van der Waals surface area contributed by atoms with Crippen molar-refractivity contribution in [3.63, 3.8) is 0 Å². The Morgan fingerprint density at radius 3 is 2.32 bits per heavy atom. The molecule has 5 rings (SSSR count). The van der Waals surface area contributed by atoms with Crippen LogP contribution in [0.5, 0.6) is 11.5 Å². The molecule has 0 aromatic heterocycles. The van der Waals surface area contributed by atoms with Crippen LogP contribution in [0.2, 0.25) is 0 Å². The minimum atomic E-state index is -0.941. The van der Waals surface area contributed by atoms with Gasteiger partial charge in [0.2, 0.25) is 5.91 Å². The Morgan fingerprint density at radius 2 is 1.59 bits per heavy atom. The molecule has 3 aromatic carbocycles. The number of rotatable bonds is 7. The van der Waals surface area contributed by atoms with Gasteiger partial charge < -0.3 is 19.7 Å². The molecule has 0 radical (unpaired) electrons. The molecule has 1 heterocycles. The molecule has 37 heavy (non-hydrogen) atoms. The van der Waals surface area contributed by atoms with Crippen molar-refractivity contribution in [2.75, 3.05) is 13.2 Å². The number of nitrogens with zero attached hydrogens (tertiary/aromatic N) is 1. The summed E-state index contributed by atoms with van der Waals surface area (Å²) in [5.41, 5.74) is 1.82. The molecule has 0 bridgehead atoms. The van der Waals surface area contributed by atoms with Crippen molar-refractivity contribution in [3.8, 4) is 11.5 Å². The molecule has 1 aliphatic carbocycles. The predicted molar refractivity (Wildman–Crippen MR) is 138 cm³/mol. The van der Waals surface area contributed by atoms with Crippen LogP contribution >= 0.6 is 0 Å². The van der Waals surface area contributed by atoms with Crippen molar-refractivity contribution in [3.05, 3.63) is 95.3 Å². The van der Waals surface area contributed by atoms with Crippen LogP contribution in [0.4, 0.5) is 4.39 Å². The van der Waals surface area contributed by atoms with Gasteiger partial charge in [-0.25, -0.2) is 4.39 Å². The summed E-state index contributed by atoms with van der Waals surface area (Å²) in [6.45, 7) is 1.06. The van der Waals surface area contributed by atoms with Crippen LogP contribution in [0, 0.1) is 5.82 Å². The zero-order valence-electron chi connectivity index (χ0n) is 20.7. The number of fused-ring (bicyclic) bond motifs is 1. The lowest BCUT2D eigenvalue weighted by Gasteiger charge is -2.34. The molecule has 192 valence electrons. The number of hydrogen-bond donors (Lipinski definition) is 1. The minimum Gasteiger partial charge on any atom is -0.486 e. The van der Waals surface area contributed by atoms with Crippen LogP contribution in [-0.4, -0.2) is 36.0 Å². The summed E-state index contributed by atoms with van der Waals surface area (Å²) in [4.78, 5) is 29.5. The van der Waals surface area contributed by atoms with Gasteiger partial charge in [-0.1, -0.05) is 61.7 Å². The predicted octanol–water partition coefficient (Wildman–Crippen LogP) is 5.43. The molecule has 2 amide bonds. The molecule has 0 saturated heterocycles. The number of nitrogens with one attached hydrogen (secondary N) is 1. The fraction of sp³-hybridized carbons (Fsp3) is 0.333. The van der Waals surface area contributed by atoms with Crippen LogP contribution < -0.4 is 14.8 Å². The summed E-state index contributed by atoms with van der Waals surface area (Å²) in [7, 11) is 0. The monoisotopic (exact) mass is 502 g/mol. The highest BCUT2D eigenvalue weighted by molar-refractivity contribution is 5.98. The summed E-state index contributed by atoms with van der Waals surface area (Å²) in [5.74, 6) is 0.0986. The van der Waals surface area contributed by atoms with E-state index in [1.807, 2.05) is 30.3 Å². The van der Waals surface area contributed by atoms with E-state index < -0.39 is 11.9 Å². The number of ether oxygens (including phenoxy) is 2. The largest absolute Gasteiger partial charge is 0.486 e. The summed E-state index contributed by atoms with van der Waals surface area (Å²) in [6, 6.07) is 19.5. The molecule has 3 aromatic rings. The molecule has 1 aliphatic heterocycles. The van der Waals surface area contributed by atoms with Crippen molar-refractivity contribution >= 4 is 11.8 Å². The summed E-state index contributed by atoms with van der Waals surface area (Å²) < 4.78 is 25.2. The molecular weight excluding hydrogens is 471 g/mol. The van der Waals surface area contributed by atoms with Crippen LogP contribution in [0.3, 0.4) is 0 Å². The van der Waals surface area contributed by atoms with E-state index in [-0.39, 0.29) is 24.4 Å². The maximum absolute atomic E-state index is 14.1. The highest BCUT2D eigenvalue weighted by Crippen LogP contribution is 2.33. The quantitative estimate of drug-likeness (QED) is 0.468. The number of halogens is 1. The Hall–Kier alpha value is -3.87. The maximum atomic E-state index is 14.1. The van der Waals surface area contributed by atoms with E-state index in [0.717, 1.165) is 37.7 Å². The standard InChI is InChI=1S/C30H31FN2O4/c31-24-14-11-22(12-15-24)28(29(34)32-25-9-5-2-6-10-25)33(20-21-7-3-1-4-8-21)30(35)23-13-16-26-27(19-23)37-18-17-36-26/h1,3-4,7-8,11-16,19,25,28H,2,5-6,9-10,17-18,20H2,(H,32,34)/t28-/m1/s1. The Kier molecular flexibility index (Phi) is 7.68. The first-order valence-corrected chi connectivity index (χ1v) is 12.9. The lowest BCUT2D eigenvalue weighted by molar-refractivity contribution is -0.127. The smallest absolute Gasteiger partial charge is 0.255 e. The van der Waals surface area contributed by atoms with E-state index in [4.69, 9.17) is 9.47 Å². The lowest BCUT2D eigenvalue weighted by Crippen LogP contribution is -2.46. The molecule has 1 atom stereocenters. The molecule has 1 fully saturated rings. The van der Waals surface area contributed by atoms with Gasteiger partial charge in [0.1, 0.15) is 25.1 Å². The van der Waals surface area contributed by atoms with Gasteiger partial charge in [0, 0.05) is 18.2 Å². The van der Waals surface area contributed by atoms with Gasteiger partial charge in [0.25, 0.3) is 5.91 Å². The third-order valence-corrected chi connectivity index (χ3v) is 6.94. The Labute approximate surface area is 216 Å². The van der Waals surface area contributed by atoms with E-state index in [9.17, 15) is 14.0 Å². The first-order valence-electron chi connectivity index (χ1n) is 12.9. The van der Waals surface area contributed by atoms with Gasteiger partial charge >= 0.3 is 0 Å². The molecule has 0 unspecified atom stereocenters. The maximum Gasteiger partial charge on any atom is 0.255 e. The number of amides is 2. The van der Waals surface area contributed by atoms with E-state index in [2.05, 4.69) is 5.32 Å². The number of hydrogen-bond acceptors (Lipinski definition) is 4. The van der Waals surface area contributed by atoms with Crippen molar-refractivity contribution in [1.82, 2.24) is 10.2 Å². The second kappa shape index (κ2) is 11.5. The third kappa shape index (κ3) is 5.93. The zero-order chi connectivity index (χ0) is 25.6. The van der Waals surface area contributed by atoms with Crippen LogP contribution in [0.15, 0.2) is 72.8 Å². The summed E-state index contributed by atoms with van der Waals surface area (Å²) in [5, 5.41) is 3.18. The molecule has 6 nitrogen and oxygen atoms in total. The molecule has 1 saturated carbocycles. The first-order chi connectivity index (χ1) is 18.1. The van der Waals surface area contributed by atoms with Crippen LogP contribution in [0.25, 0.3) is 0 Å². The average Bonchev–Trinajstić information content (AvgIpc) is 2.94. The second-order valence-corrected chi connectivity index (χ2v) is 9.57. The molecule has 2 aliphatic rings. The highest BCUT2D eigenvalue weighted by Gasteiger charge is 2.34. The average molecular weight is 503 g/mol. The molecular formula is C30H31FN2O4. The topological polar surface area (TPSA) is 67.9 Å². The van der Waals surface area contributed by atoms with Crippen LogP contribution in [0.1, 0.15) is 59.6 Å². The zero-order valence-corrected chi connectivity index (χ0v) is 20.7. The van der Waals surface area contributed by atoms with Gasteiger partial charge in [0.05, 0.1) is 0 Å². The van der Waals surface area contributed by atoms with E-state index >= 15 is 0 Å². The van der Waals surface area contributed by atoms with E-state index in [1.165, 1.54) is 12.1 Å². The van der Waals surface area contributed by atoms with E-state index in [0.29, 0.717) is 35.8 Å². The van der Waals surface area contributed by atoms with Crippen LogP contribution in [-0.2, 0) is 11.3 Å². The number of carbonyl (C=O) groups excluding carboxylic acids is 2. The second-order valence-electron chi connectivity index (χ2n) is 9.57. The SMILES string of the molecule is O=C(NC1CCCCC1)[C@@H](c1ccc(F)cc1)N(Cc1ccccc1)C(=O)c1ccc2c(c1)OCCO2. The van der Waals surface area contributed by atoms with Gasteiger partial charge in [-0.05, 0) is 54.3 Å². The Bertz CT molecular complexity index is 1230. The van der Waals surface area contributed by atoms with Crippen molar-refractivity contribution in [1.29, 1.82) is 0 Å². The Morgan fingerprint density at radius 1 is 0.892 bits per heavy atom. The van der Waals surface area contributed by atoms with Crippen molar-refractivity contribution in [2.24, 2.45) is 0 Å². The molecule has 0 spiro atoms. The first kappa shape index (κ1) is 24.8. The summed E-state index contributed by atoms with van der Waals surface area (Å²) in [6.07, 6.45) is 5.12. The fourth-order valence-electron chi connectivity index (χ4n) is 5.05. The number of carbonyl (C=O) groups is 2. The van der Waals surface area contributed by atoms with Gasteiger partial charge in [-0.2, -0.15) is 0 Å². The Balaban J connectivity index is 1.53. The summed E-state index contributed by atoms with van der Waals surface area (Å²) >= 11 is 0.